The van der Waals surface area contributed by atoms with Gasteiger partial charge in [-0.2, -0.15) is 0 Å². The van der Waals surface area contributed by atoms with Crippen LogP contribution in [0.5, 0.6) is 0 Å². The number of ketones is 1. The molecule has 0 aromatic carbocycles. The van der Waals surface area contributed by atoms with E-state index in [1.807, 2.05) is 39.0 Å². The Bertz CT molecular complexity index is 511. The Labute approximate surface area is 143 Å². The fraction of sp³-hybridized carbons (Fsp3) is 0.389. The topological polar surface area (TPSA) is 112 Å². The zero-order valence-electron chi connectivity index (χ0n) is 14.7. The summed E-state index contributed by atoms with van der Waals surface area (Å²) in [5.74, 6) is -0.387. The lowest BCUT2D eigenvalue weighted by atomic mass is 10.1. The van der Waals surface area contributed by atoms with Crippen molar-refractivity contribution in [3.63, 3.8) is 0 Å². The van der Waals surface area contributed by atoms with E-state index in [0.717, 1.165) is 11.1 Å². The lowest BCUT2D eigenvalue weighted by molar-refractivity contribution is -0.137. The van der Waals surface area contributed by atoms with Gasteiger partial charge in [-0.1, -0.05) is 44.7 Å². The number of esters is 1. The molecule has 24 heavy (non-hydrogen) atoms. The minimum atomic E-state index is -0.468. The summed E-state index contributed by atoms with van der Waals surface area (Å²) in [6.07, 6.45) is 10.2. The molecule has 0 radical (unpaired) electrons. The van der Waals surface area contributed by atoms with Crippen LogP contribution in [-0.2, 0) is 19.1 Å². The first-order valence-corrected chi connectivity index (χ1v) is 7.65. The highest BCUT2D eigenvalue weighted by Crippen LogP contribution is 2.14. The van der Waals surface area contributed by atoms with Crippen molar-refractivity contribution in [3.8, 4) is 0 Å². The normalized spacial score (nSPS) is 14.6. The molecule has 0 spiro atoms. The first kappa shape index (κ1) is 23.8. The fourth-order valence-corrected chi connectivity index (χ4v) is 1.25. The summed E-state index contributed by atoms with van der Waals surface area (Å²) in [7, 11) is 0. The number of hydrogen-bond acceptors (Lipinski definition) is 5. The number of cyclic esters (lactones) is 1. The Morgan fingerprint density at radius 3 is 2.17 bits per heavy atom. The van der Waals surface area contributed by atoms with Crippen LogP contribution >= 0.6 is 0 Å². The van der Waals surface area contributed by atoms with Gasteiger partial charge in [0.05, 0.1) is 6.54 Å². The molecular formula is C18H28N2O4. The van der Waals surface area contributed by atoms with E-state index in [2.05, 4.69) is 12.3 Å². The number of hydrogen-bond donors (Lipinski definition) is 2. The van der Waals surface area contributed by atoms with Crippen LogP contribution in [0.3, 0.4) is 0 Å². The van der Waals surface area contributed by atoms with Crippen molar-refractivity contribution in [2.24, 2.45) is 11.5 Å². The molecule has 0 unspecified atom stereocenters. The number of carbonyl (C=O) groups excluding carboxylic acids is 3. The molecule has 6 nitrogen and oxygen atoms in total. The number of Topliss-reactive ketones (excluding diaryl/α,β-unsaturated/α-hetero) is 1. The molecule has 0 aliphatic carbocycles. The molecule has 1 heterocycles. The molecule has 6 heteroatoms. The largest absolute Gasteiger partial charge is 0.458 e. The van der Waals surface area contributed by atoms with Crippen molar-refractivity contribution in [3.05, 3.63) is 48.1 Å². The van der Waals surface area contributed by atoms with Crippen molar-refractivity contribution >= 4 is 17.7 Å². The number of carbonyl (C=O) groups is 3. The summed E-state index contributed by atoms with van der Waals surface area (Å²) in [6, 6.07) is 0. The van der Waals surface area contributed by atoms with Crippen LogP contribution in [0.4, 0.5) is 0 Å². The van der Waals surface area contributed by atoms with E-state index in [1.54, 1.807) is 6.08 Å². The molecule has 0 bridgehead atoms. The Balaban J connectivity index is 0. The van der Waals surface area contributed by atoms with Gasteiger partial charge in [-0.3, -0.25) is 9.59 Å². The monoisotopic (exact) mass is 336 g/mol. The van der Waals surface area contributed by atoms with Gasteiger partial charge in [0.2, 0.25) is 5.91 Å². The molecule has 0 saturated heterocycles. The van der Waals surface area contributed by atoms with Crippen LogP contribution in [0.1, 0.15) is 33.6 Å². The van der Waals surface area contributed by atoms with Gasteiger partial charge in [0.25, 0.3) is 0 Å². The van der Waals surface area contributed by atoms with Crippen LogP contribution in [0.15, 0.2) is 48.1 Å². The summed E-state index contributed by atoms with van der Waals surface area (Å²) in [6.45, 7) is 9.52. The number of nitrogens with two attached hydrogens (primary N) is 2. The van der Waals surface area contributed by atoms with Crippen LogP contribution in [-0.4, -0.2) is 30.8 Å². The van der Waals surface area contributed by atoms with E-state index >= 15 is 0 Å². The number of primary amides is 1. The summed E-state index contributed by atoms with van der Waals surface area (Å²) < 4.78 is 4.85. The van der Waals surface area contributed by atoms with Crippen molar-refractivity contribution in [1.82, 2.24) is 0 Å². The summed E-state index contributed by atoms with van der Waals surface area (Å²) in [5.41, 5.74) is 11.2. The number of amides is 1. The Morgan fingerprint density at radius 2 is 1.83 bits per heavy atom. The minimum absolute atomic E-state index is 0.0556. The molecule has 0 fully saturated rings. The van der Waals surface area contributed by atoms with Gasteiger partial charge in [0.15, 0.2) is 0 Å². The zero-order chi connectivity index (χ0) is 19.0. The number of allylic oxidation sites excluding steroid dienone is 4. The summed E-state index contributed by atoms with van der Waals surface area (Å²) in [4.78, 5) is 30.4. The first-order chi connectivity index (χ1) is 11.3. The van der Waals surface area contributed by atoms with Gasteiger partial charge in [-0.05, 0) is 18.1 Å². The maximum Gasteiger partial charge on any atom is 0.331 e. The van der Waals surface area contributed by atoms with Crippen LogP contribution in [0.2, 0.25) is 0 Å². The maximum absolute atomic E-state index is 10.8. The van der Waals surface area contributed by atoms with E-state index in [4.69, 9.17) is 10.5 Å². The van der Waals surface area contributed by atoms with E-state index < -0.39 is 5.91 Å². The van der Waals surface area contributed by atoms with Gasteiger partial charge in [-0.15, -0.1) is 0 Å². The SMILES string of the molecule is C=C/C=C\C=C1/COC(=O)C=C1C.CCC(=O)CC.NCC(N)=O. The molecule has 0 aromatic heterocycles. The first-order valence-electron chi connectivity index (χ1n) is 7.65. The van der Waals surface area contributed by atoms with Crippen LogP contribution < -0.4 is 11.5 Å². The standard InChI is InChI=1S/C11H12O2.C5H10O.C2H6N2O/c1-3-4-5-6-10-8-13-11(12)7-9(10)2;1-3-5(6)4-2;3-1-2(4)5/h3-7H,1,8H2,2H3;3-4H2,1-2H3;1,3H2,(H2,4,5)/b5-4-,10-6+;;. The third-order valence-corrected chi connectivity index (χ3v) is 2.75. The van der Waals surface area contributed by atoms with Gasteiger partial charge in [0.1, 0.15) is 12.4 Å². The highest BCUT2D eigenvalue weighted by molar-refractivity contribution is 5.85. The highest BCUT2D eigenvalue weighted by atomic mass is 16.5. The van der Waals surface area contributed by atoms with Crippen molar-refractivity contribution in [1.29, 1.82) is 0 Å². The molecule has 0 saturated carbocycles. The van der Waals surface area contributed by atoms with E-state index in [9.17, 15) is 14.4 Å². The van der Waals surface area contributed by atoms with Crippen molar-refractivity contribution in [2.75, 3.05) is 13.2 Å². The van der Waals surface area contributed by atoms with Crippen LogP contribution in [0, 0.1) is 0 Å². The second-order valence-electron chi connectivity index (χ2n) is 4.66. The molecule has 1 aliphatic heterocycles. The Hall–Kier alpha value is -2.47. The quantitative estimate of drug-likeness (QED) is 0.588. The smallest absolute Gasteiger partial charge is 0.331 e. The lowest BCUT2D eigenvalue weighted by Gasteiger charge is -2.12. The van der Waals surface area contributed by atoms with E-state index in [1.165, 1.54) is 6.08 Å². The molecule has 4 N–H and O–H groups in total. The predicted molar refractivity (Wildman–Crippen MR) is 96.0 cm³/mol. The third-order valence-electron chi connectivity index (χ3n) is 2.75. The number of rotatable bonds is 5. The highest BCUT2D eigenvalue weighted by Gasteiger charge is 2.10. The zero-order valence-corrected chi connectivity index (χ0v) is 14.7. The van der Waals surface area contributed by atoms with Gasteiger partial charge < -0.3 is 16.2 Å². The second kappa shape index (κ2) is 15.4. The second-order valence-corrected chi connectivity index (χ2v) is 4.66. The van der Waals surface area contributed by atoms with Crippen LogP contribution in [0.25, 0.3) is 0 Å². The summed E-state index contributed by atoms with van der Waals surface area (Å²) >= 11 is 0. The van der Waals surface area contributed by atoms with E-state index in [0.29, 0.717) is 25.2 Å². The molecule has 134 valence electrons. The third kappa shape index (κ3) is 14.5. The molecule has 0 aromatic rings. The Morgan fingerprint density at radius 1 is 1.29 bits per heavy atom. The van der Waals surface area contributed by atoms with Crippen molar-refractivity contribution < 1.29 is 19.1 Å². The van der Waals surface area contributed by atoms with E-state index in [-0.39, 0.29) is 12.5 Å². The molecule has 1 rings (SSSR count). The Kier molecular flexibility index (Phi) is 15.3. The minimum Gasteiger partial charge on any atom is -0.458 e. The summed E-state index contributed by atoms with van der Waals surface area (Å²) in [5, 5.41) is 0. The van der Waals surface area contributed by atoms with Crippen molar-refractivity contribution in [2.45, 2.75) is 33.6 Å². The fourth-order valence-electron chi connectivity index (χ4n) is 1.25. The lowest BCUT2D eigenvalue weighted by Crippen LogP contribution is -2.21. The van der Waals surface area contributed by atoms with Gasteiger partial charge in [0, 0.05) is 18.9 Å². The maximum atomic E-state index is 10.8. The molecule has 1 aliphatic rings. The van der Waals surface area contributed by atoms with Gasteiger partial charge in [-0.25, -0.2) is 4.79 Å². The average molecular weight is 336 g/mol. The number of ether oxygens (including phenoxy) is 1. The predicted octanol–water partition coefficient (Wildman–Crippen LogP) is 1.96. The molecule has 0 atom stereocenters. The molecule has 1 amide bonds. The molecular weight excluding hydrogens is 308 g/mol. The average Bonchev–Trinajstić information content (AvgIpc) is 2.57. The van der Waals surface area contributed by atoms with Gasteiger partial charge >= 0.3 is 5.97 Å².